The molecule has 0 aromatic carbocycles. The van der Waals surface area contributed by atoms with E-state index in [4.69, 9.17) is 4.74 Å². The van der Waals surface area contributed by atoms with Gasteiger partial charge in [-0.3, -0.25) is 14.5 Å². The number of rotatable bonds is 6. The lowest BCUT2D eigenvalue weighted by molar-refractivity contribution is -0.153. The summed E-state index contributed by atoms with van der Waals surface area (Å²) in [5.74, 6) is 0.205. The summed E-state index contributed by atoms with van der Waals surface area (Å²) in [5, 5.41) is 0. The molecule has 0 saturated carbocycles. The lowest BCUT2D eigenvalue weighted by atomic mass is 9.95. The van der Waals surface area contributed by atoms with Crippen LogP contribution in [0.2, 0.25) is 0 Å². The van der Waals surface area contributed by atoms with Crippen LogP contribution < -0.4 is 0 Å². The summed E-state index contributed by atoms with van der Waals surface area (Å²) < 4.78 is 5.62. The minimum absolute atomic E-state index is 0.0476. The van der Waals surface area contributed by atoms with Gasteiger partial charge in [0.05, 0.1) is 6.61 Å². The van der Waals surface area contributed by atoms with Crippen LogP contribution in [0.3, 0.4) is 0 Å². The molecule has 0 aliphatic carbocycles. The molecule has 0 aromatic heterocycles. The fourth-order valence-corrected chi connectivity index (χ4v) is 4.59. The lowest BCUT2D eigenvalue weighted by Gasteiger charge is -2.43. The molecule has 6 nitrogen and oxygen atoms in total. The van der Waals surface area contributed by atoms with Gasteiger partial charge in [-0.2, -0.15) is 0 Å². The number of piperidine rings is 3. The number of amides is 1. The van der Waals surface area contributed by atoms with Crippen molar-refractivity contribution in [2.45, 2.75) is 69.9 Å². The monoisotopic (exact) mass is 365 g/mol. The second kappa shape index (κ2) is 9.70. The lowest BCUT2D eigenvalue weighted by Crippen LogP contribution is -2.53. The first-order valence-corrected chi connectivity index (χ1v) is 10.5. The number of hydrogen-bond donors (Lipinski definition) is 0. The van der Waals surface area contributed by atoms with Crippen LogP contribution in [0.5, 0.6) is 0 Å². The number of ether oxygens (including phenoxy) is 1. The Hall–Kier alpha value is -1.14. The van der Waals surface area contributed by atoms with E-state index in [1.165, 1.54) is 6.42 Å². The molecule has 148 valence electrons. The van der Waals surface area contributed by atoms with Crippen LogP contribution in [0.4, 0.5) is 0 Å². The predicted molar refractivity (Wildman–Crippen MR) is 101 cm³/mol. The normalized spacial score (nSPS) is 26.9. The first kappa shape index (κ1) is 19.6. The van der Waals surface area contributed by atoms with E-state index >= 15 is 0 Å². The molecule has 3 saturated heterocycles. The van der Waals surface area contributed by atoms with Crippen molar-refractivity contribution in [1.82, 2.24) is 14.7 Å². The molecule has 6 heteroatoms. The topological polar surface area (TPSA) is 53.1 Å². The molecule has 3 fully saturated rings. The molecule has 0 aromatic rings. The van der Waals surface area contributed by atoms with Gasteiger partial charge in [0, 0.05) is 25.6 Å². The zero-order chi connectivity index (χ0) is 18.4. The maximum absolute atomic E-state index is 12.7. The van der Waals surface area contributed by atoms with Crippen LogP contribution in [-0.2, 0) is 14.3 Å². The highest BCUT2D eigenvalue weighted by atomic mass is 16.5. The first-order valence-electron chi connectivity index (χ1n) is 10.5. The highest BCUT2D eigenvalue weighted by Gasteiger charge is 2.35. The second-order valence-electron chi connectivity index (χ2n) is 8.14. The van der Waals surface area contributed by atoms with Gasteiger partial charge in [-0.15, -0.1) is 0 Å². The highest BCUT2D eigenvalue weighted by molar-refractivity contribution is 5.77. The zero-order valence-electron chi connectivity index (χ0n) is 16.3. The third-order valence-corrected chi connectivity index (χ3v) is 6.21. The molecule has 3 aliphatic heterocycles. The molecule has 26 heavy (non-hydrogen) atoms. The molecule has 0 N–H and O–H groups in total. The molecule has 1 atom stereocenters. The Morgan fingerprint density at radius 3 is 2.58 bits per heavy atom. The maximum Gasteiger partial charge on any atom is 0.323 e. The molecular formula is C20H35N3O3. The van der Waals surface area contributed by atoms with Crippen LogP contribution >= 0.6 is 0 Å². The number of hydrogen-bond acceptors (Lipinski definition) is 5. The maximum atomic E-state index is 12.7. The van der Waals surface area contributed by atoms with Gasteiger partial charge in [0.1, 0.15) is 6.04 Å². The van der Waals surface area contributed by atoms with E-state index in [0.717, 1.165) is 77.7 Å². The van der Waals surface area contributed by atoms with E-state index in [9.17, 15) is 9.59 Å². The van der Waals surface area contributed by atoms with Gasteiger partial charge in [-0.1, -0.05) is 6.42 Å². The van der Waals surface area contributed by atoms with Crippen LogP contribution in [0.15, 0.2) is 0 Å². The SMILES string of the molecule is CN1CCC(N2CCCCC2C(=O)OCCCN2CCCCC2=O)CC1. The Kier molecular flexibility index (Phi) is 7.32. The van der Waals surface area contributed by atoms with Gasteiger partial charge in [0.15, 0.2) is 0 Å². The molecule has 0 spiro atoms. The van der Waals surface area contributed by atoms with Gasteiger partial charge in [0.25, 0.3) is 0 Å². The average Bonchev–Trinajstić information content (AvgIpc) is 2.67. The Morgan fingerprint density at radius 1 is 1.04 bits per heavy atom. The van der Waals surface area contributed by atoms with Gasteiger partial charge in [-0.05, 0) is 71.6 Å². The highest BCUT2D eigenvalue weighted by Crippen LogP contribution is 2.26. The van der Waals surface area contributed by atoms with Gasteiger partial charge < -0.3 is 14.5 Å². The number of carbonyl (C=O) groups is 2. The molecule has 1 amide bonds. The van der Waals surface area contributed by atoms with Crippen molar-refractivity contribution in [2.75, 3.05) is 46.4 Å². The number of esters is 1. The van der Waals surface area contributed by atoms with Crippen molar-refractivity contribution in [3.8, 4) is 0 Å². The van der Waals surface area contributed by atoms with Gasteiger partial charge in [-0.25, -0.2) is 0 Å². The van der Waals surface area contributed by atoms with E-state index < -0.39 is 0 Å². The predicted octanol–water partition coefficient (Wildman–Crippen LogP) is 1.88. The first-order chi connectivity index (χ1) is 12.6. The third-order valence-electron chi connectivity index (χ3n) is 6.21. The van der Waals surface area contributed by atoms with Gasteiger partial charge in [0.2, 0.25) is 5.91 Å². The van der Waals surface area contributed by atoms with Crippen LogP contribution in [0.25, 0.3) is 0 Å². The molecule has 3 aliphatic rings. The summed E-state index contributed by atoms with van der Waals surface area (Å²) in [7, 11) is 2.17. The molecular weight excluding hydrogens is 330 g/mol. The van der Waals surface area contributed by atoms with Crippen molar-refractivity contribution in [3.63, 3.8) is 0 Å². The summed E-state index contributed by atoms with van der Waals surface area (Å²) in [6.07, 6.45) is 9.06. The summed E-state index contributed by atoms with van der Waals surface area (Å²) >= 11 is 0. The van der Waals surface area contributed by atoms with Crippen molar-refractivity contribution < 1.29 is 14.3 Å². The summed E-state index contributed by atoms with van der Waals surface area (Å²) in [5.41, 5.74) is 0. The minimum atomic E-state index is -0.0613. The van der Waals surface area contributed by atoms with Crippen molar-refractivity contribution >= 4 is 11.9 Å². The smallest absolute Gasteiger partial charge is 0.323 e. The van der Waals surface area contributed by atoms with Crippen LogP contribution in [-0.4, -0.2) is 85.0 Å². The Bertz CT molecular complexity index is 477. The fourth-order valence-electron chi connectivity index (χ4n) is 4.59. The number of nitrogens with zero attached hydrogens (tertiary/aromatic N) is 3. The van der Waals surface area contributed by atoms with E-state index in [0.29, 0.717) is 19.1 Å². The van der Waals surface area contributed by atoms with E-state index in [-0.39, 0.29) is 17.9 Å². The summed E-state index contributed by atoms with van der Waals surface area (Å²) in [4.78, 5) is 31.2. The Labute approximate surface area is 157 Å². The van der Waals surface area contributed by atoms with Crippen molar-refractivity contribution in [2.24, 2.45) is 0 Å². The van der Waals surface area contributed by atoms with E-state index in [1.54, 1.807) is 0 Å². The molecule has 0 bridgehead atoms. The van der Waals surface area contributed by atoms with Crippen LogP contribution in [0, 0.1) is 0 Å². The largest absolute Gasteiger partial charge is 0.464 e. The Balaban J connectivity index is 1.42. The van der Waals surface area contributed by atoms with Crippen molar-refractivity contribution in [3.05, 3.63) is 0 Å². The minimum Gasteiger partial charge on any atom is -0.464 e. The quantitative estimate of drug-likeness (QED) is 0.531. The number of likely N-dealkylation sites (tertiary alicyclic amines) is 3. The molecule has 3 heterocycles. The Morgan fingerprint density at radius 2 is 1.81 bits per heavy atom. The molecule has 1 unspecified atom stereocenters. The molecule has 3 rings (SSSR count). The third kappa shape index (κ3) is 5.19. The van der Waals surface area contributed by atoms with Gasteiger partial charge >= 0.3 is 5.97 Å². The fraction of sp³-hybridized carbons (Fsp3) is 0.900. The zero-order valence-corrected chi connectivity index (χ0v) is 16.3. The van der Waals surface area contributed by atoms with E-state index in [2.05, 4.69) is 16.8 Å². The summed E-state index contributed by atoms with van der Waals surface area (Å²) in [6.45, 7) is 5.27. The molecule has 0 radical (unpaired) electrons. The van der Waals surface area contributed by atoms with Crippen molar-refractivity contribution in [1.29, 1.82) is 0 Å². The summed E-state index contributed by atoms with van der Waals surface area (Å²) in [6, 6.07) is 0.462. The second-order valence-corrected chi connectivity index (χ2v) is 8.14. The van der Waals surface area contributed by atoms with Crippen LogP contribution in [0.1, 0.15) is 57.8 Å². The number of carbonyl (C=O) groups excluding carboxylic acids is 2. The van der Waals surface area contributed by atoms with E-state index in [1.807, 2.05) is 4.90 Å². The average molecular weight is 366 g/mol. The standard InChI is InChI=1S/C20H35N3O3/c1-21-14-9-17(10-15-21)23-13-5-2-7-18(23)20(25)26-16-6-12-22-11-4-3-8-19(22)24/h17-18H,2-16H2,1H3.